The summed E-state index contributed by atoms with van der Waals surface area (Å²) in [5.41, 5.74) is 3.10. The van der Waals surface area contributed by atoms with Crippen LogP contribution in [-0.2, 0) is 30.4 Å². The normalized spacial score (nSPS) is 12.4. The van der Waals surface area contributed by atoms with Gasteiger partial charge in [-0.3, -0.25) is 13.7 Å². The zero-order valence-corrected chi connectivity index (χ0v) is 43.4. The SMILES string of the molecule is CCN(CC)c1ccc(N=Nc2snc3ccc(OC)c(S(=O)(=O)O)c23)c(Nc2nc(Nc3cc(N(CC)CC)ccc3N=Nc3snc4ccc(OC)c(S(=O)(=O)O)c34)nc(SCCS(=O)(=O)O)n2)c1. The van der Waals surface area contributed by atoms with E-state index in [9.17, 15) is 38.9 Å². The van der Waals surface area contributed by atoms with Crippen LogP contribution in [0.1, 0.15) is 27.7 Å². The van der Waals surface area contributed by atoms with Gasteiger partial charge in [0.15, 0.2) is 15.2 Å². The number of aromatic nitrogens is 5. The van der Waals surface area contributed by atoms with Crippen molar-refractivity contribution in [1.82, 2.24) is 23.7 Å². The Bertz CT molecular complexity index is 3310. The number of ether oxygens (including phenoxy) is 2. The first kappa shape index (κ1) is 52.6. The van der Waals surface area contributed by atoms with E-state index in [1.165, 1.54) is 38.5 Å². The largest absolute Gasteiger partial charge is 0.495 e. The topological polar surface area (TPSA) is 326 Å². The maximum atomic E-state index is 12.6. The van der Waals surface area contributed by atoms with Crippen LogP contribution >= 0.6 is 34.8 Å². The first-order chi connectivity index (χ1) is 33.8. The molecule has 0 saturated heterocycles. The summed E-state index contributed by atoms with van der Waals surface area (Å²) in [6.45, 7) is 10.5. The molecule has 0 fully saturated rings. The Morgan fingerprint density at radius 1 is 0.606 bits per heavy atom. The molecule has 376 valence electrons. The van der Waals surface area contributed by atoms with Gasteiger partial charge >= 0.3 is 0 Å². The molecule has 0 aliphatic carbocycles. The number of benzene rings is 4. The Hall–Kier alpha value is -6.25. The van der Waals surface area contributed by atoms with Gasteiger partial charge in [0.1, 0.15) is 32.7 Å². The third kappa shape index (κ3) is 12.3. The van der Waals surface area contributed by atoms with Gasteiger partial charge in [-0.2, -0.15) is 49.0 Å². The summed E-state index contributed by atoms with van der Waals surface area (Å²) in [6.07, 6.45) is 0. The number of hydrogen-bond acceptors (Lipinski definition) is 24. The second-order valence-corrected chi connectivity index (χ2v) is 21.6. The molecule has 0 unspecified atom stereocenters. The molecule has 0 atom stereocenters. The van der Waals surface area contributed by atoms with Crippen LogP contribution in [0.3, 0.4) is 0 Å². The molecule has 0 spiro atoms. The molecule has 7 aromatic rings. The van der Waals surface area contributed by atoms with Crippen molar-refractivity contribution in [1.29, 1.82) is 0 Å². The van der Waals surface area contributed by atoms with Crippen LogP contribution in [0.2, 0.25) is 0 Å². The number of anilines is 6. The fourth-order valence-corrected chi connectivity index (χ4v) is 12.1. The Morgan fingerprint density at radius 2 is 1.03 bits per heavy atom. The molecule has 0 amide bonds. The standard InChI is InChI=1S/C41H45N13O11S6/c1-7-53(8-2)23-11-13-25(47-49-37-33-27(51-67-37)15-17-31(64-5)35(33)70(58,59)60)29(21-23)42-39-44-40(46-41(45-39)66-19-20-69(55,56)57)43-30-22-24(54(9-3)10-4)12-14-26(30)48-50-38-34-28(52-68-38)16-18-32(65-6)36(34)71(61,62)63/h11-18,21-22H,7-10,19-20H2,1-6H3,(H,55,56,57)(H,58,59,60)(H,61,62,63)(H2,42,43,44,45,46). The molecule has 30 heteroatoms. The Morgan fingerprint density at radius 3 is 1.39 bits per heavy atom. The van der Waals surface area contributed by atoms with E-state index in [1.807, 2.05) is 39.8 Å². The van der Waals surface area contributed by atoms with Gasteiger partial charge in [0.05, 0.1) is 53.2 Å². The van der Waals surface area contributed by atoms with Crippen LogP contribution in [-0.4, -0.2) is 115 Å². The van der Waals surface area contributed by atoms with Gasteiger partial charge < -0.3 is 29.9 Å². The van der Waals surface area contributed by atoms with Crippen LogP contribution in [0.25, 0.3) is 21.8 Å². The van der Waals surface area contributed by atoms with E-state index in [-0.39, 0.29) is 77.5 Å². The minimum absolute atomic E-state index is 0.00192. The Labute approximate surface area is 420 Å². The van der Waals surface area contributed by atoms with Crippen molar-refractivity contribution in [3.63, 3.8) is 0 Å². The number of rotatable bonds is 22. The van der Waals surface area contributed by atoms with Crippen LogP contribution in [0, 0.1) is 0 Å². The Kier molecular flexibility index (Phi) is 16.3. The summed E-state index contributed by atoms with van der Waals surface area (Å²) in [6, 6.07) is 16.3. The molecule has 24 nitrogen and oxygen atoms in total. The average Bonchev–Trinajstić information content (AvgIpc) is 3.93. The quantitative estimate of drug-likeness (QED) is 0.0239. The summed E-state index contributed by atoms with van der Waals surface area (Å²) < 4.78 is 123. The highest BCUT2D eigenvalue weighted by Crippen LogP contribution is 2.44. The van der Waals surface area contributed by atoms with Crippen molar-refractivity contribution in [2.45, 2.75) is 42.6 Å². The zero-order valence-electron chi connectivity index (χ0n) is 38.5. The van der Waals surface area contributed by atoms with Gasteiger partial charge in [-0.1, -0.05) is 11.8 Å². The van der Waals surface area contributed by atoms with E-state index in [4.69, 9.17) is 9.47 Å². The molecule has 3 heterocycles. The lowest BCUT2D eigenvalue weighted by Crippen LogP contribution is -2.21. The highest BCUT2D eigenvalue weighted by Gasteiger charge is 2.27. The lowest BCUT2D eigenvalue weighted by atomic mass is 10.2. The van der Waals surface area contributed by atoms with Crippen molar-refractivity contribution in [2.75, 3.05) is 72.3 Å². The second kappa shape index (κ2) is 22.0. The molecule has 0 saturated carbocycles. The highest BCUT2D eigenvalue weighted by molar-refractivity contribution is 8.00. The monoisotopic (exact) mass is 1090 g/mol. The van der Waals surface area contributed by atoms with E-state index >= 15 is 0 Å². The van der Waals surface area contributed by atoms with E-state index in [0.717, 1.165) is 46.2 Å². The molecule has 4 aromatic carbocycles. The molecule has 3 aromatic heterocycles. The van der Waals surface area contributed by atoms with Crippen LogP contribution in [0.4, 0.5) is 56.0 Å². The molecular weight excluding hydrogens is 1040 g/mol. The summed E-state index contributed by atoms with van der Waals surface area (Å²) in [4.78, 5) is 16.9. The molecule has 0 radical (unpaired) electrons. The minimum Gasteiger partial charge on any atom is -0.495 e. The number of fused-ring (bicyclic) bond motifs is 2. The van der Waals surface area contributed by atoms with Gasteiger partial charge in [0, 0.05) is 43.3 Å². The smallest absolute Gasteiger partial charge is 0.299 e. The molecule has 71 heavy (non-hydrogen) atoms. The summed E-state index contributed by atoms with van der Waals surface area (Å²) in [7, 11) is -11.5. The van der Waals surface area contributed by atoms with Gasteiger partial charge in [-0.15, -0.1) is 20.5 Å². The van der Waals surface area contributed by atoms with Crippen molar-refractivity contribution in [3.8, 4) is 11.5 Å². The number of nitrogens with zero attached hydrogens (tertiary/aromatic N) is 11. The fourth-order valence-electron chi connectivity index (χ4n) is 7.12. The maximum Gasteiger partial charge on any atom is 0.299 e. The predicted molar refractivity (Wildman–Crippen MR) is 274 cm³/mol. The lowest BCUT2D eigenvalue weighted by Gasteiger charge is -2.22. The molecular formula is C41H45N13O11S6. The zero-order chi connectivity index (χ0) is 51.3. The van der Waals surface area contributed by atoms with Crippen LogP contribution in [0.15, 0.2) is 96.1 Å². The average molecular weight is 1090 g/mol. The molecule has 7 rings (SSSR count). The summed E-state index contributed by atoms with van der Waals surface area (Å²) in [5.74, 6) is -1.11. The number of nitrogens with one attached hydrogen (secondary N) is 2. The summed E-state index contributed by atoms with van der Waals surface area (Å²) in [5, 5.41) is 24.3. The van der Waals surface area contributed by atoms with Crippen molar-refractivity contribution in [2.24, 2.45) is 20.5 Å². The number of azo groups is 2. The first-order valence-electron chi connectivity index (χ1n) is 21.2. The minimum atomic E-state index is -4.81. The highest BCUT2D eigenvalue weighted by atomic mass is 32.2. The lowest BCUT2D eigenvalue weighted by molar-refractivity contribution is 0.398. The number of thioether (sulfide) groups is 1. The molecule has 0 aliphatic heterocycles. The number of methoxy groups -OCH3 is 2. The van der Waals surface area contributed by atoms with Gasteiger partial charge in [0.25, 0.3) is 30.4 Å². The number of hydrogen-bond donors (Lipinski definition) is 5. The van der Waals surface area contributed by atoms with E-state index < -0.39 is 45.9 Å². The summed E-state index contributed by atoms with van der Waals surface area (Å²) >= 11 is 2.61. The third-order valence-corrected chi connectivity index (χ3v) is 15.6. The van der Waals surface area contributed by atoms with Gasteiger partial charge in [0.2, 0.25) is 11.9 Å². The van der Waals surface area contributed by atoms with Crippen molar-refractivity contribution >= 4 is 143 Å². The van der Waals surface area contributed by atoms with E-state index in [1.54, 1.807) is 24.3 Å². The van der Waals surface area contributed by atoms with Crippen molar-refractivity contribution in [3.05, 3.63) is 60.7 Å². The Balaban J connectivity index is 1.34. The second-order valence-electron chi connectivity index (χ2n) is 14.7. The van der Waals surface area contributed by atoms with Crippen molar-refractivity contribution < 1.29 is 48.4 Å². The van der Waals surface area contributed by atoms with E-state index in [0.29, 0.717) is 37.6 Å². The van der Waals surface area contributed by atoms with E-state index in [2.05, 4.69) is 64.6 Å². The van der Waals surface area contributed by atoms with Crippen LogP contribution in [0.5, 0.6) is 11.5 Å². The molecule has 0 bridgehead atoms. The molecule has 0 aliphatic rings. The third-order valence-electron chi connectivity index (χ3n) is 10.4. The first-order valence-corrected chi connectivity index (χ1v) is 28.2. The molecule has 5 N–H and O–H groups in total. The van der Waals surface area contributed by atoms with Gasteiger partial charge in [-0.25, -0.2) is 0 Å². The fraction of sp³-hybridized carbons (Fsp3) is 0.293. The maximum absolute atomic E-state index is 12.6. The predicted octanol–water partition coefficient (Wildman–Crippen LogP) is 9.59. The van der Waals surface area contributed by atoms with Crippen LogP contribution < -0.4 is 29.9 Å². The van der Waals surface area contributed by atoms with Gasteiger partial charge in [-0.05, 0) is 111 Å².